The molecule has 1 saturated carbocycles. The van der Waals surface area contributed by atoms with Crippen LogP contribution in [0.25, 0.3) is 0 Å². The van der Waals surface area contributed by atoms with Crippen molar-refractivity contribution >= 4 is 15.7 Å². The Hall–Kier alpha value is -1.07. The minimum atomic E-state index is -3.49. The molecule has 1 fully saturated rings. The van der Waals surface area contributed by atoms with Crippen LogP contribution in [0.1, 0.15) is 25.8 Å². The first kappa shape index (κ1) is 12.4. The van der Waals surface area contributed by atoms with E-state index in [0.717, 1.165) is 12.0 Å². The van der Waals surface area contributed by atoms with Gasteiger partial charge >= 0.3 is 0 Å². The van der Waals surface area contributed by atoms with E-state index in [1.54, 1.807) is 18.2 Å². The Bertz CT molecular complexity index is 550. The number of aryl methyl sites for hydroxylation is 1. The fourth-order valence-electron chi connectivity index (χ4n) is 1.83. The van der Waals surface area contributed by atoms with Crippen LogP contribution in [0, 0.1) is 12.3 Å². The van der Waals surface area contributed by atoms with E-state index in [2.05, 4.69) is 4.72 Å². The Morgan fingerprint density at radius 2 is 2.00 bits per heavy atom. The van der Waals surface area contributed by atoms with Gasteiger partial charge in [-0.25, -0.2) is 13.1 Å². The fraction of sp³-hybridized carbons (Fsp3) is 0.500. The second kappa shape index (κ2) is 3.71. The highest BCUT2D eigenvalue weighted by Gasteiger charge is 2.48. The summed E-state index contributed by atoms with van der Waals surface area (Å²) >= 11 is 0. The summed E-state index contributed by atoms with van der Waals surface area (Å²) in [4.78, 5) is 0.172. The van der Waals surface area contributed by atoms with Crippen molar-refractivity contribution in [3.8, 4) is 0 Å². The topological polar surface area (TPSA) is 72.2 Å². The van der Waals surface area contributed by atoms with Crippen LogP contribution < -0.4 is 10.5 Å². The molecule has 1 unspecified atom stereocenters. The van der Waals surface area contributed by atoms with E-state index >= 15 is 0 Å². The van der Waals surface area contributed by atoms with Gasteiger partial charge in [0.25, 0.3) is 0 Å². The molecule has 0 amide bonds. The van der Waals surface area contributed by atoms with Crippen LogP contribution in [0.4, 0.5) is 5.69 Å². The molecule has 0 saturated heterocycles. The van der Waals surface area contributed by atoms with Gasteiger partial charge in [-0.2, -0.15) is 0 Å². The van der Waals surface area contributed by atoms with Gasteiger partial charge in [0, 0.05) is 6.04 Å². The zero-order valence-electron chi connectivity index (χ0n) is 10.3. The maximum atomic E-state index is 12.1. The van der Waals surface area contributed by atoms with E-state index in [0.29, 0.717) is 5.69 Å². The summed E-state index contributed by atoms with van der Waals surface area (Å²) in [6, 6.07) is 5.01. The van der Waals surface area contributed by atoms with Gasteiger partial charge in [-0.1, -0.05) is 19.9 Å². The Balaban J connectivity index is 2.26. The van der Waals surface area contributed by atoms with E-state index in [-0.39, 0.29) is 16.4 Å². The molecule has 3 N–H and O–H groups in total. The minimum Gasteiger partial charge on any atom is -0.398 e. The third kappa shape index (κ3) is 2.45. The summed E-state index contributed by atoms with van der Waals surface area (Å²) in [5.74, 6) is 0. The lowest BCUT2D eigenvalue weighted by molar-refractivity contribution is 0.555. The first-order chi connectivity index (χ1) is 7.72. The van der Waals surface area contributed by atoms with Gasteiger partial charge in [-0.3, -0.25) is 0 Å². The number of nitrogens with one attached hydrogen (secondary N) is 1. The van der Waals surface area contributed by atoms with Crippen molar-refractivity contribution in [1.82, 2.24) is 4.72 Å². The van der Waals surface area contributed by atoms with Crippen molar-refractivity contribution < 1.29 is 8.42 Å². The van der Waals surface area contributed by atoms with Crippen LogP contribution in [0.15, 0.2) is 23.1 Å². The van der Waals surface area contributed by atoms with E-state index in [1.165, 1.54) is 0 Å². The van der Waals surface area contributed by atoms with E-state index < -0.39 is 10.0 Å². The average Bonchev–Trinajstić information content (AvgIpc) is 2.70. The zero-order chi connectivity index (χ0) is 12.8. The molecule has 0 aromatic heterocycles. The Labute approximate surface area is 102 Å². The summed E-state index contributed by atoms with van der Waals surface area (Å²) in [7, 11) is -3.49. The number of benzene rings is 1. The molecule has 0 bridgehead atoms. The first-order valence-corrected chi connectivity index (χ1v) is 7.09. The number of hydrogen-bond acceptors (Lipinski definition) is 3. The van der Waals surface area contributed by atoms with Gasteiger partial charge in [0.1, 0.15) is 4.90 Å². The van der Waals surface area contributed by atoms with Crippen molar-refractivity contribution in [3.63, 3.8) is 0 Å². The normalized spacial score (nSPS) is 22.4. The lowest BCUT2D eigenvalue weighted by Crippen LogP contribution is -2.29. The summed E-state index contributed by atoms with van der Waals surface area (Å²) < 4.78 is 26.9. The van der Waals surface area contributed by atoms with Crippen LogP contribution in [-0.2, 0) is 10.0 Å². The summed E-state index contributed by atoms with van der Waals surface area (Å²) in [5.41, 5.74) is 7.07. The van der Waals surface area contributed by atoms with E-state index in [9.17, 15) is 8.42 Å². The molecule has 2 rings (SSSR count). The smallest absolute Gasteiger partial charge is 0.242 e. The molecular weight excluding hydrogens is 236 g/mol. The monoisotopic (exact) mass is 254 g/mol. The van der Waals surface area contributed by atoms with Gasteiger partial charge in [-0.05, 0) is 36.5 Å². The molecule has 0 heterocycles. The van der Waals surface area contributed by atoms with Gasteiger partial charge in [-0.15, -0.1) is 0 Å². The quantitative estimate of drug-likeness (QED) is 0.806. The number of nitrogen functional groups attached to an aromatic ring is 1. The Kier molecular flexibility index (Phi) is 2.71. The highest BCUT2D eigenvalue weighted by molar-refractivity contribution is 7.89. The number of sulfonamides is 1. The molecule has 94 valence electrons. The van der Waals surface area contributed by atoms with Crippen LogP contribution in [-0.4, -0.2) is 14.5 Å². The Morgan fingerprint density at radius 3 is 2.47 bits per heavy atom. The van der Waals surface area contributed by atoms with Gasteiger partial charge < -0.3 is 5.73 Å². The van der Waals surface area contributed by atoms with E-state index in [4.69, 9.17) is 5.73 Å². The van der Waals surface area contributed by atoms with Crippen LogP contribution in [0.3, 0.4) is 0 Å². The highest BCUT2D eigenvalue weighted by atomic mass is 32.2. The molecule has 1 atom stereocenters. The SMILES string of the molecule is Cc1ccc(S(=O)(=O)NC2CC2(C)C)c(N)c1. The van der Waals surface area contributed by atoms with Gasteiger partial charge in [0.2, 0.25) is 10.0 Å². The number of rotatable bonds is 3. The van der Waals surface area contributed by atoms with Crippen LogP contribution >= 0.6 is 0 Å². The summed E-state index contributed by atoms with van der Waals surface area (Å²) in [6.45, 7) is 5.96. The van der Waals surface area contributed by atoms with Crippen molar-refractivity contribution in [1.29, 1.82) is 0 Å². The first-order valence-electron chi connectivity index (χ1n) is 5.61. The number of hydrogen-bond donors (Lipinski definition) is 2. The largest absolute Gasteiger partial charge is 0.398 e. The maximum absolute atomic E-state index is 12.1. The van der Waals surface area contributed by atoms with Crippen molar-refractivity contribution in [3.05, 3.63) is 23.8 Å². The van der Waals surface area contributed by atoms with Crippen LogP contribution in [0.5, 0.6) is 0 Å². The average molecular weight is 254 g/mol. The second-order valence-corrected chi connectivity index (χ2v) is 7.09. The lowest BCUT2D eigenvalue weighted by atomic mass is 10.2. The van der Waals surface area contributed by atoms with Gasteiger partial charge in [0.05, 0.1) is 5.69 Å². The molecule has 0 spiro atoms. The number of nitrogens with two attached hydrogens (primary N) is 1. The molecule has 1 aromatic rings. The molecule has 4 nitrogen and oxygen atoms in total. The fourth-order valence-corrected chi connectivity index (χ4v) is 3.35. The third-order valence-electron chi connectivity index (χ3n) is 3.27. The molecule has 1 aliphatic carbocycles. The molecule has 17 heavy (non-hydrogen) atoms. The molecule has 5 heteroatoms. The van der Waals surface area contributed by atoms with Gasteiger partial charge in [0.15, 0.2) is 0 Å². The third-order valence-corrected chi connectivity index (χ3v) is 4.81. The predicted molar refractivity (Wildman–Crippen MR) is 68.1 cm³/mol. The highest BCUT2D eigenvalue weighted by Crippen LogP contribution is 2.45. The summed E-state index contributed by atoms with van der Waals surface area (Å²) in [5, 5.41) is 0. The molecule has 0 aliphatic heterocycles. The molecule has 1 aromatic carbocycles. The van der Waals surface area contributed by atoms with Crippen molar-refractivity contribution in [2.24, 2.45) is 5.41 Å². The molecule has 0 radical (unpaired) electrons. The Morgan fingerprint density at radius 1 is 1.41 bits per heavy atom. The standard InChI is InChI=1S/C12H18N2O2S/c1-8-4-5-10(9(13)6-8)17(15,16)14-11-7-12(11,2)3/h4-6,11,14H,7,13H2,1-3H3. The molecule has 1 aliphatic rings. The lowest BCUT2D eigenvalue weighted by Gasteiger charge is -2.10. The zero-order valence-corrected chi connectivity index (χ0v) is 11.1. The van der Waals surface area contributed by atoms with Crippen molar-refractivity contribution in [2.75, 3.05) is 5.73 Å². The number of anilines is 1. The minimum absolute atomic E-state index is 0.0215. The van der Waals surface area contributed by atoms with E-state index in [1.807, 2.05) is 20.8 Å². The molecular formula is C12H18N2O2S. The summed E-state index contributed by atoms with van der Waals surface area (Å²) in [6.07, 6.45) is 0.873. The second-order valence-electron chi connectivity index (χ2n) is 5.41. The van der Waals surface area contributed by atoms with Crippen LogP contribution in [0.2, 0.25) is 0 Å². The predicted octanol–water partition coefficient (Wildman–Crippen LogP) is 1.65. The van der Waals surface area contributed by atoms with Crippen molar-refractivity contribution in [2.45, 2.75) is 38.1 Å². The maximum Gasteiger partial charge on any atom is 0.242 e.